The van der Waals surface area contributed by atoms with Crippen LogP contribution in [0.3, 0.4) is 0 Å². The van der Waals surface area contributed by atoms with E-state index in [0.29, 0.717) is 38.2 Å². The fraction of sp³-hybridized carbons (Fsp3) is 0.0769. The van der Waals surface area contributed by atoms with Crippen molar-refractivity contribution in [3.05, 3.63) is 94.8 Å². The molecule has 0 aliphatic heterocycles. The smallest absolute Gasteiger partial charge is 0.351 e. The molecule has 1 atom stereocenters. The molecule has 0 spiro atoms. The third-order valence-electron chi connectivity index (χ3n) is 5.68. The predicted octanol–water partition coefficient (Wildman–Crippen LogP) is 8.15. The highest BCUT2D eigenvalue weighted by atomic mass is 35.5. The highest BCUT2D eigenvalue weighted by molar-refractivity contribution is 7.97. The average molecular weight is 579 g/mol. The molecule has 0 saturated carbocycles. The Morgan fingerprint density at radius 2 is 1.66 bits per heavy atom. The molecule has 0 fully saturated rings. The van der Waals surface area contributed by atoms with Crippen molar-refractivity contribution in [2.45, 2.75) is 11.1 Å². The van der Waals surface area contributed by atoms with Crippen molar-refractivity contribution in [3.63, 3.8) is 0 Å². The summed E-state index contributed by atoms with van der Waals surface area (Å²) in [6.45, 7) is 0. The molecule has 3 aromatic carbocycles. The SMILES string of the molecule is C[S+](=O)(O)c1cccc(-c2ccc(-n3cc(-c4cc(C(F)(F)F)on4)nc3-c3ccccc3Cl)c(Cl)c2)c1. The lowest BCUT2D eigenvalue weighted by molar-refractivity contribution is -0.155. The van der Waals surface area contributed by atoms with Crippen LogP contribution in [0.5, 0.6) is 0 Å². The van der Waals surface area contributed by atoms with Crippen LogP contribution in [0.25, 0.3) is 39.6 Å². The molecule has 0 aliphatic rings. The van der Waals surface area contributed by atoms with E-state index in [1.165, 1.54) is 12.5 Å². The van der Waals surface area contributed by atoms with E-state index >= 15 is 0 Å². The van der Waals surface area contributed by atoms with Crippen LogP contribution in [0.4, 0.5) is 13.2 Å². The third-order valence-corrected chi connectivity index (χ3v) is 7.45. The largest absolute Gasteiger partial charge is 0.452 e. The minimum absolute atomic E-state index is 0.110. The van der Waals surface area contributed by atoms with Gasteiger partial charge in [0.05, 0.1) is 15.7 Å². The van der Waals surface area contributed by atoms with Gasteiger partial charge in [0.15, 0.2) is 4.90 Å². The number of hydrogen-bond acceptors (Lipinski definition) is 4. The average Bonchev–Trinajstić information content (AvgIpc) is 3.52. The van der Waals surface area contributed by atoms with Crippen molar-refractivity contribution in [2.75, 3.05) is 6.26 Å². The molecule has 2 heterocycles. The first-order chi connectivity index (χ1) is 17.9. The van der Waals surface area contributed by atoms with Gasteiger partial charge < -0.3 is 4.52 Å². The van der Waals surface area contributed by atoms with Gasteiger partial charge in [0.25, 0.3) is 0 Å². The highest BCUT2D eigenvalue weighted by Gasteiger charge is 2.36. The van der Waals surface area contributed by atoms with Crippen LogP contribution in [-0.2, 0) is 20.6 Å². The summed E-state index contributed by atoms with van der Waals surface area (Å²) in [5.41, 5.74) is 2.37. The van der Waals surface area contributed by atoms with Gasteiger partial charge in [-0.15, -0.1) is 0 Å². The molecule has 6 nitrogen and oxygen atoms in total. The molecule has 5 rings (SSSR count). The fourth-order valence-corrected chi connectivity index (χ4v) is 5.01. The second kappa shape index (κ2) is 9.70. The van der Waals surface area contributed by atoms with Crippen molar-refractivity contribution < 1.29 is 26.5 Å². The fourth-order valence-electron chi connectivity index (χ4n) is 3.84. The standard InChI is InChI=1S/C26H16Cl2F3N3O3S/c1-38(35,36)17-6-4-5-15(11-17)16-9-10-23(20(28)12-16)34-14-22(21-13-24(37-33-21)26(29,30)31)32-25(34)18-7-2-3-8-19(18)27/h2-14H,1H3/p+1. The van der Waals surface area contributed by atoms with Gasteiger partial charge in [-0.1, -0.05) is 62.9 Å². The van der Waals surface area contributed by atoms with Gasteiger partial charge >= 0.3 is 6.18 Å². The third kappa shape index (κ3) is 5.12. The molecule has 2 aromatic heterocycles. The van der Waals surface area contributed by atoms with Crippen molar-refractivity contribution in [3.8, 4) is 39.6 Å². The number of alkyl halides is 3. The molecular weight excluding hydrogens is 562 g/mol. The van der Waals surface area contributed by atoms with Gasteiger partial charge in [0, 0.05) is 23.9 Å². The Hall–Kier alpha value is -3.44. The molecular formula is C26H17Cl2F3N3O3S+. The molecule has 12 heteroatoms. The first kappa shape index (κ1) is 26.2. The summed E-state index contributed by atoms with van der Waals surface area (Å²) < 4.78 is 67.3. The van der Waals surface area contributed by atoms with Crippen LogP contribution in [-0.4, -0.2) is 25.5 Å². The summed E-state index contributed by atoms with van der Waals surface area (Å²) >= 11 is 13.1. The Kier molecular flexibility index (Phi) is 6.68. The molecule has 0 saturated heterocycles. The predicted molar refractivity (Wildman–Crippen MR) is 140 cm³/mol. The Labute approximate surface area is 225 Å². The zero-order chi connectivity index (χ0) is 27.2. The number of aromatic nitrogens is 3. The van der Waals surface area contributed by atoms with E-state index in [2.05, 4.69) is 14.7 Å². The van der Waals surface area contributed by atoms with E-state index in [1.54, 1.807) is 71.3 Å². The Morgan fingerprint density at radius 1 is 0.921 bits per heavy atom. The summed E-state index contributed by atoms with van der Waals surface area (Å²) in [6.07, 6.45) is -1.96. The van der Waals surface area contributed by atoms with Crippen molar-refractivity contribution in [1.82, 2.24) is 14.7 Å². The molecule has 0 amide bonds. The number of halogens is 5. The van der Waals surface area contributed by atoms with Crippen LogP contribution >= 0.6 is 23.2 Å². The van der Waals surface area contributed by atoms with E-state index in [4.69, 9.17) is 23.2 Å². The van der Waals surface area contributed by atoms with Gasteiger partial charge in [0.2, 0.25) is 16.0 Å². The van der Waals surface area contributed by atoms with Gasteiger partial charge in [-0.3, -0.25) is 4.57 Å². The van der Waals surface area contributed by atoms with Crippen LogP contribution in [0.1, 0.15) is 5.76 Å². The first-order valence-electron chi connectivity index (χ1n) is 10.9. The second-order valence-electron chi connectivity index (χ2n) is 8.37. The minimum atomic E-state index is -4.70. The molecule has 5 aromatic rings. The monoisotopic (exact) mass is 578 g/mol. The maximum Gasteiger partial charge on any atom is 0.452 e. The lowest BCUT2D eigenvalue weighted by atomic mass is 10.1. The topological polar surface area (TPSA) is 81.1 Å². The maximum atomic E-state index is 13.1. The summed E-state index contributed by atoms with van der Waals surface area (Å²) in [6, 6.07) is 19.5. The first-order valence-corrected chi connectivity index (χ1v) is 13.6. The van der Waals surface area contributed by atoms with E-state index in [1.807, 2.05) is 0 Å². The number of imidazole rings is 1. The summed E-state index contributed by atoms with van der Waals surface area (Å²) in [5, 5.41) is 4.21. The number of benzene rings is 3. The van der Waals surface area contributed by atoms with Gasteiger partial charge in [-0.2, -0.15) is 17.7 Å². The van der Waals surface area contributed by atoms with E-state index < -0.39 is 22.2 Å². The van der Waals surface area contributed by atoms with Crippen LogP contribution < -0.4 is 0 Å². The van der Waals surface area contributed by atoms with Gasteiger partial charge in [0.1, 0.15) is 23.5 Å². The van der Waals surface area contributed by atoms with Crippen molar-refractivity contribution >= 4 is 33.4 Å². The second-order valence-corrected chi connectivity index (χ2v) is 11.3. The molecule has 0 bridgehead atoms. The van der Waals surface area contributed by atoms with Gasteiger partial charge in [-0.05, 0) is 41.5 Å². The van der Waals surface area contributed by atoms with Gasteiger partial charge in [-0.25, -0.2) is 4.98 Å². The highest BCUT2D eigenvalue weighted by Crippen LogP contribution is 2.37. The lowest BCUT2D eigenvalue weighted by Crippen LogP contribution is -2.05. The van der Waals surface area contributed by atoms with E-state index in [-0.39, 0.29) is 16.3 Å². The summed E-state index contributed by atoms with van der Waals surface area (Å²) in [7, 11) is -3.16. The van der Waals surface area contributed by atoms with Crippen molar-refractivity contribution in [1.29, 1.82) is 0 Å². The molecule has 1 N–H and O–H groups in total. The lowest BCUT2D eigenvalue weighted by Gasteiger charge is -2.12. The molecule has 1 unspecified atom stereocenters. The zero-order valence-electron chi connectivity index (χ0n) is 19.4. The Morgan fingerprint density at radius 3 is 2.32 bits per heavy atom. The van der Waals surface area contributed by atoms with Crippen molar-refractivity contribution in [2.24, 2.45) is 0 Å². The summed E-state index contributed by atoms with van der Waals surface area (Å²) in [5.74, 6) is -0.922. The van der Waals surface area contributed by atoms with Crippen LogP contribution in [0, 0.1) is 0 Å². The Balaban J connectivity index is 1.63. The molecule has 194 valence electrons. The Bertz CT molecular complexity index is 1710. The molecule has 0 aliphatic carbocycles. The van der Waals surface area contributed by atoms with E-state index in [9.17, 15) is 21.9 Å². The summed E-state index contributed by atoms with van der Waals surface area (Å²) in [4.78, 5) is 4.79. The van der Waals surface area contributed by atoms with E-state index in [0.717, 1.165) is 6.07 Å². The quantitative estimate of drug-likeness (QED) is 0.213. The minimum Gasteiger partial charge on any atom is -0.351 e. The number of hydrogen-bond donors (Lipinski definition) is 1. The zero-order valence-corrected chi connectivity index (χ0v) is 21.7. The normalized spacial score (nSPS) is 13.4. The number of rotatable bonds is 5. The number of nitrogens with zero attached hydrogens (tertiary/aromatic N) is 3. The molecule has 0 radical (unpaired) electrons. The maximum absolute atomic E-state index is 13.1. The molecule has 38 heavy (non-hydrogen) atoms. The van der Waals surface area contributed by atoms with Crippen LogP contribution in [0.15, 0.2) is 88.4 Å². The van der Waals surface area contributed by atoms with Crippen LogP contribution in [0.2, 0.25) is 10.0 Å².